The molecule has 0 aliphatic rings. The SMILES string of the molecule is NS(=O)(=O)c1ccc(CCNC(=O)C[NH2+]CCc2ccc(C(F)(F)F)cc2)cc1. The van der Waals surface area contributed by atoms with Crippen LogP contribution in [-0.2, 0) is 33.8 Å². The van der Waals surface area contributed by atoms with E-state index in [0.29, 0.717) is 25.9 Å². The van der Waals surface area contributed by atoms with E-state index < -0.39 is 21.8 Å². The van der Waals surface area contributed by atoms with Crippen molar-refractivity contribution in [3.8, 4) is 0 Å². The van der Waals surface area contributed by atoms with Gasteiger partial charge in [-0.3, -0.25) is 4.79 Å². The van der Waals surface area contributed by atoms with Crippen LogP contribution in [0.4, 0.5) is 13.2 Å². The van der Waals surface area contributed by atoms with Crippen molar-refractivity contribution in [2.75, 3.05) is 19.6 Å². The molecule has 2 aromatic rings. The Bertz CT molecular complexity index is 912. The van der Waals surface area contributed by atoms with E-state index in [9.17, 15) is 26.4 Å². The number of hydrogen-bond donors (Lipinski definition) is 3. The Morgan fingerprint density at radius 2 is 1.52 bits per heavy atom. The summed E-state index contributed by atoms with van der Waals surface area (Å²) in [5.74, 6) is -0.154. The van der Waals surface area contributed by atoms with Gasteiger partial charge in [0.2, 0.25) is 10.0 Å². The average molecular weight is 430 g/mol. The second kappa shape index (κ2) is 9.86. The van der Waals surface area contributed by atoms with Crippen LogP contribution >= 0.6 is 0 Å². The number of alkyl halides is 3. The molecule has 158 valence electrons. The van der Waals surface area contributed by atoms with Crippen LogP contribution in [0.3, 0.4) is 0 Å². The van der Waals surface area contributed by atoms with Gasteiger partial charge in [0.15, 0.2) is 6.54 Å². The lowest BCUT2D eigenvalue weighted by atomic mass is 10.1. The lowest BCUT2D eigenvalue weighted by Crippen LogP contribution is -2.87. The van der Waals surface area contributed by atoms with Gasteiger partial charge in [-0.15, -0.1) is 0 Å². The highest BCUT2D eigenvalue weighted by molar-refractivity contribution is 7.89. The molecule has 29 heavy (non-hydrogen) atoms. The van der Waals surface area contributed by atoms with E-state index in [1.165, 1.54) is 24.3 Å². The average Bonchev–Trinajstić information content (AvgIpc) is 2.65. The van der Waals surface area contributed by atoms with Gasteiger partial charge in [0, 0.05) is 13.0 Å². The fourth-order valence-corrected chi connectivity index (χ4v) is 3.14. The number of sulfonamides is 1. The fourth-order valence-electron chi connectivity index (χ4n) is 2.63. The zero-order chi connectivity index (χ0) is 21.5. The Labute approximate surface area is 167 Å². The molecule has 2 rings (SSSR count). The van der Waals surface area contributed by atoms with Crippen LogP contribution in [0.2, 0.25) is 0 Å². The number of quaternary nitrogens is 1. The van der Waals surface area contributed by atoms with Gasteiger partial charge < -0.3 is 10.6 Å². The summed E-state index contributed by atoms with van der Waals surface area (Å²) in [5.41, 5.74) is 0.963. The largest absolute Gasteiger partial charge is 0.416 e. The molecule has 1 amide bonds. The van der Waals surface area contributed by atoms with E-state index in [4.69, 9.17) is 5.14 Å². The summed E-state index contributed by atoms with van der Waals surface area (Å²) >= 11 is 0. The van der Waals surface area contributed by atoms with Crippen LogP contribution in [0, 0.1) is 0 Å². The Morgan fingerprint density at radius 1 is 0.966 bits per heavy atom. The third-order valence-electron chi connectivity index (χ3n) is 4.24. The van der Waals surface area contributed by atoms with Gasteiger partial charge in [0.25, 0.3) is 5.91 Å². The number of primary sulfonamides is 1. The molecule has 0 saturated carbocycles. The molecule has 0 bridgehead atoms. The summed E-state index contributed by atoms with van der Waals surface area (Å²) < 4.78 is 59.9. The molecule has 0 spiro atoms. The van der Waals surface area contributed by atoms with Crippen molar-refractivity contribution in [3.05, 3.63) is 65.2 Å². The summed E-state index contributed by atoms with van der Waals surface area (Å²) in [6, 6.07) is 11.1. The molecule has 10 heteroatoms. The molecule has 6 nitrogen and oxygen atoms in total. The van der Waals surface area contributed by atoms with E-state index in [1.54, 1.807) is 17.4 Å². The molecule has 0 radical (unpaired) electrons. The van der Waals surface area contributed by atoms with Crippen molar-refractivity contribution in [1.82, 2.24) is 5.32 Å². The van der Waals surface area contributed by atoms with Crippen molar-refractivity contribution >= 4 is 15.9 Å². The minimum absolute atomic E-state index is 0.0351. The van der Waals surface area contributed by atoms with Gasteiger partial charge in [-0.05, 0) is 41.8 Å². The molecule has 0 aliphatic carbocycles. The molecule has 0 fully saturated rings. The molecule has 0 aromatic heterocycles. The molecular weight excluding hydrogens is 407 g/mol. The van der Waals surface area contributed by atoms with Crippen molar-refractivity contribution in [1.29, 1.82) is 0 Å². The second-order valence-corrected chi connectivity index (χ2v) is 8.08. The first-order valence-electron chi connectivity index (χ1n) is 8.92. The molecule has 2 aromatic carbocycles. The third kappa shape index (κ3) is 7.84. The number of carbonyl (C=O) groups is 1. The van der Waals surface area contributed by atoms with Gasteiger partial charge in [0.05, 0.1) is 17.0 Å². The van der Waals surface area contributed by atoms with Crippen LogP contribution in [0.25, 0.3) is 0 Å². The minimum Gasteiger partial charge on any atom is -0.351 e. The zero-order valence-electron chi connectivity index (χ0n) is 15.6. The van der Waals surface area contributed by atoms with Gasteiger partial charge in [-0.25, -0.2) is 13.6 Å². The van der Waals surface area contributed by atoms with E-state index in [-0.39, 0.29) is 17.3 Å². The van der Waals surface area contributed by atoms with E-state index in [0.717, 1.165) is 23.3 Å². The van der Waals surface area contributed by atoms with Gasteiger partial charge in [-0.2, -0.15) is 13.2 Å². The van der Waals surface area contributed by atoms with E-state index >= 15 is 0 Å². The Hall–Kier alpha value is -2.43. The molecule has 0 unspecified atom stereocenters. The smallest absolute Gasteiger partial charge is 0.351 e. The topological polar surface area (TPSA) is 106 Å². The van der Waals surface area contributed by atoms with Crippen LogP contribution in [0.1, 0.15) is 16.7 Å². The van der Waals surface area contributed by atoms with Crippen LogP contribution < -0.4 is 15.8 Å². The summed E-state index contributed by atoms with van der Waals surface area (Å²) in [6.45, 7) is 1.19. The predicted octanol–water partition coefficient (Wildman–Crippen LogP) is 0.818. The van der Waals surface area contributed by atoms with Crippen LogP contribution in [-0.4, -0.2) is 34.0 Å². The summed E-state index contributed by atoms with van der Waals surface area (Å²) in [5, 5.41) is 9.58. The highest BCUT2D eigenvalue weighted by atomic mass is 32.2. The van der Waals surface area contributed by atoms with E-state index in [2.05, 4.69) is 5.32 Å². The van der Waals surface area contributed by atoms with Crippen molar-refractivity contribution in [2.24, 2.45) is 5.14 Å². The molecule has 0 aliphatic heterocycles. The van der Waals surface area contributed by atoms with Crippen LogP contribution in [0.15, 0.2) is 53.4 Å². The molecule has 0 heterocycles. The normalized spacial score (nSPS) is 12.0. The second-order valence-electron chi connectivity index (χ2n) is 6.52. The number of nitrogens with two attached hydrogens (primary N) is 2. The maximum Gasteiger partial charge on any atom is 0.416 e. The van der Waals surface area contributed by atoms with Crippen LogP contribution in [0.5, 0.6) is 0 Å². The summed E-state index contributed by atoms with van der Waals surface area (Å²) in [6.07, 6.45) is -3.24. The number of carbonyl (C=O) groups excluding carboxylic acids is 1. The lowest BCUT2D eigenvalue weighted by Gasteiger charge is -2.08. The lowest BCUT2D eigenvalue weighted by molar-refractivity contribution is -0.643. The predicted molar refractivity (Wildman–Crippen MR) is 101 cm³/mol. The first-order chi connectivity index (χ1) is 13.6. The number of halogens is 3. The molecule has 0 saturated heterocycles. The zero-order valence-corrected chi connectivity index (χ0v) is 16.4. The monoisotopic (exact) mass is 430 g/mol. The van der Waals surface area contributed by atoms with Crippen molar-refractivity contribution in [3.63, 3.8) is 0 Å². The van der Waals surface area contributed by atoms with Crippen molar-refractivity contribution in [2.45, 2.75) is 23.9 Å². The summed E-state index contributed by atoms with van der Waals surface area (Å²) in [7, 11) is -3.72. The maximum absolute atomic E-state index is 12.5. The Kier molecular flexibility index (Phi) is 7.77. The molecular formula is C19H23F3N3O3S+. The number of hydrogen-bond acceptors (Lipinski definition) is 3. The molecule has 0 atom stereocenters. The highest BCUT2D eigenvalue weighted by Crippen LogP contribution is 2.29. The standard InChI is InChI=1S/C19H22F3N3O3S/c20-19(21,22)16-5-1-14(2-6-16)9-11-24-13-18(26)25-12-10-15-3-7-17(8-4-15)29(23,27)28/h1-8,24H,9-13H2,(H,25,26)(H2,23,27,28)/p+1. The quantitative estimate of drug-likeness (QED) is 0.513. The molecule has 5 N–H and O–H groups in total. The van der Waals surface area contributed by atoms with Gasteiger partial charge >= 0.3 is 6.18 Å². The Morgan fingerprint density at radius 3 is 2.07 bits per heavy atom. The fraction of sp³-hybridized carbons (Fsp3) is 0.316. The minimum atomic E-state index is -4.34. The number of rotatable bonds is 9. The van der Waals surface area contributed by atoms with Gasteiger partial charge in [-0.1, -0.05) is 24.3 Å². The van der Waals surface area contributed by atoms with Gasteiger partial charge in [0.1, 0.15) is 0 Å². The summed E-state index contributed by atoms with van der Waals surface area (Å²) in [4.78, 5) is 11.9. The number of benzene rings is 2. The Balaban J connectivity index is 1.64. The highest BCUT2D eigenvalue weighted by Gasteiger charge is 2.29. The first-order valence-corrected chi connectivity index (χ1v) is 10.5. The van der Waals surface area contributed by atoms with E-state index in [1.807, 2.05) is 0 Å². The number of amides is 1. The first kappa shape index (κ1) is 22.9. The third-order valence-corrected chi connectivity index (χ3v) is 5.17. The number of nitrogens with one attached hydrogen (secondary N) is 1. The van der Waals surface area contributed by atoms with Crippen molar-refractivity contribution < 1.29 is 31.7 Å². The maximum atomic E-state index is 12.5.